The molecule has 1 heterocycles. The van der Waals surface area contributed by atoms with E-state index in [1.807, 2.05) is 42.2 Å². The molecule has 1 fully saturated rings. The first kappa shape index (κ1) is 19.9. The summed E-state index contributed by atoms with van der Waals surface area (Å²) in [5, 5.41) is 2.92. The number of carbonyl (C=O) groups is 2. The van der Waals surface area contributed by atoms with Crippen LogP contribution in [0.5, 0.6) is 5.75 Å². The lowest BCUT2D eigenvalue weighted by Gasteiger charge is -2.20. The second-order valence-corrected chi connectivity index (χ2v) is 7.25. The predicted molar refractivity (Wildman–Crippen MR) is 109 cm³/mol. The number of hydrogen-bond acceptors (Lipinski definition) is 3. The molecule has 5 heteroatoms. The maximum Gasteiger partial charge on any atom is 0.260 e. The second kappa shape index (κ2) is 9.93. The number of nitrogens with zero attached hydrogens (tertiary/aromatic N) is 1. The monoisotopic (exact) mass is 380 g/mol. The Kier molecular flexibility index (Phi) is 7.06. The number of carbonyl (C=O) groups excluding carboxylic acids is 2. The number of benzene rings is 2. The van der Waals surface area contributed by atoms with E-state index in [-0.39, 0.29) is 18.4 Å². The van der Waals surface area contributed by atoms with Gasteiger partial charge in [0.1, 0.15) is 5.75 Å². The lowest BCUT2D eigenvalue weighted by molar-refractivity contribution is -0.133. The number of rotatable bonds is 6. The van der Waals surface area contributed by atoms with Gasteiger partial charge in [0.2, 0.25) is 0 Å². The smallest absolute Gasteiger partial charge is 0.260 e. The quantitative estimate of drug-likeness (QED) is 0.831. The molecule has 0 atom stereocenters. The Morgan fingerprint density at radius 3 is 2.36 bits per heavy atom. The highest BCUT2D eigenvalue weighted by atomic mass is 16.5. The van der Waals surface area contributed by atoms with Crippen LogP contribution in [-0.2, 0) is 11.3 Å². The zero-order chi connectivity index (χ0) is 19.8. The molecule has 2 aromatic carbocycles. The Hall–Kier alpha value is -2.82. The van der Waals surface area contributed by atoms with Crippen LogP contribution in [0.1, 0.15) is 47.2 Å². The van der Waals surface area contributed by atoms with Crippen LogP contribution in [0.15, 0.2) is 48.5 Å². The predicted octanol–water partition coefficient (Wildman–Crippen LogP) is 3.71. The molecule has 2 amide bonds. The van der Waals surface area contributed by atoms with Crippen molar-refractivity contribution >= 4 is 11.8 Å². The minimum absolute atomic E-state index is 0.0169. The first-order chi connectivity index (χ1) is 13.6. The van der Waals surface area contributed by atoms with Crippen molar-refractivity contribution < 1.29 is 14.3 Å². The number of amides is 2. The van der Waals surface area contributed by atoms with Crippen LogP contribution in [-0.4, -0.2) is 36.4 Å². The number of ether oxygens (including phenoxy) is 1. The highest BCUT2D eigenvalue weighted by Gasteiger charge is 2.18. The summed E-state index contributed by atoms with van der Waals surface area (Å²) < 4.78 is 5.73. The van der Waals surface area contributed by atoms with E-state index in [0.29, 0.717) is 17.9 Å². The molecule has 0 saturated carbocycles. The van der Waals surface area contributed by atoms with E-state index in [4.69, 9.17) is 4.74 Å². The number of likely N-dealkylation sites (tertiary alicyclic amines) is 1. The van der Waals surface area contributed by atoms with Crippen molar-refractivity contribution in [3.63, 3.8) is 0 Å². The maximum absolute atomic E-state index is 12.6. The van der Waals surface area contributed by atoms with Crippen LogP contribution in [0.2, 0.25) is 0 Å². The third-order valence-corrected chi connectivity index (χ3v) is 5.02. The summed E-state index contributed by atoms with van der Waals surface area (Å²) in [4.78, 5) is 26.9. The Morgan fingerprint density at radius 1 is 0.964 bits per heavy atom. The first-order valence-electron chi connectivity index (χ1n) is 9.97. The van der Waals surface area contributed by atoms with Crippen LogP contribution in [0, 0.1) is 6.92 Å². The third-order valence-electron chi connectivity index (χ3n) is 5.02. The van der Waals surface area contributed by atoms with Gasteiger partial charge < -0.3 is 15.0 Å². The zero-order valence-corrected chi connectivity index (χ0v) is 16.4. The molecule has 0 spiro atoms. The molecule has 0 aliphatic carbocycles. The summed E-state index contributed by atoms with van der Waals surface area (Å²) in [6.45, 7) is 4.02. The molecule has 1 N–H and O–H groups in total. The molecule has 5 nitrogen and oxygen atoms in total. The lowest BCUT2D eigenvalue weighted by atomic mass is 10.1. The molecule has 148 valence electrons. The summed E-state index contributed by atoms with van der Waals surface area (Å²) in [6.07, 6.45) is 4.44. The average molecular weight is 380 g/mol. The second-order valence-electron chi connectivity index (χ2n) is 7.25. The van der Waals surface area contributed by atoms with E-state index < -0.39 is 0 Å². The van der Waals surface area contributed by atoms with Crippen LogP contribution in [0.3, 0.4) is 0 Å². The van der Waals surface area contributed by atoms with Crippen molar-refractivity contribution in [2.75, 3.05) is 19.7 Å². The molecule has 1 saturated heterocycles. The SMILES string of the molecule is Cc1ccc(CNC(=O)c2ccccc2OCC(=O)N2CCCCCC2)cc1. The van der Waals surface area contributed by atoms with Gasteiger partial charge >= 0.3 is 0 Å². The van der Waals surface area contributed by atoms with Gasteiger partial charge in [0.15, 0.2) is 6.61 Å². The molecule has 0 aromatic heterocycles. The Balaban J connectivity index is 1.57. The Bertz CT molecular complexity index is 794. The molecule has 1 aliphatic heterocycles. The molecule has 1 aliphatic rings. The third kappa shape index (κ3) is 5.59. The van der Waals surface area contributed by atoms with E-state index in [9.17, 15) is 9.59 Å². The molecular weight excluding hydrogens is 352 g/mol. The van der Waals surface area contributed by atoms with Gasteiger partial charge in [0, 0.05) is 19.6 Å². The van der Waals surface area contributed by atoms with Gasteiger partial charge in [-0.05, 0) is 37.5 Å². The largest absolute Gasteiger partial charge is 0.483 e. The number of para-hydroxylation sites is 1. The number of hydrogen-bond donors (Lipinski definition) is 1. The average Bonchev–Trinajstić information content (AvgIpc) is 3.01. The molecule has 0 bridgehead atoms. The van der Waals surface area contributed by atoms with Crippen molar-refractivity contribution in [3.8, 4) is 5.75 Å². The van der Waals surface area contributed by atoms with Crippen molar-refractivity contribution in [3.05, 3.63) is 65.2 Å². The molecule has 0 radical (unpaired) electrons. The van der Waals surface area contributed by atoms with Crippen molar-refractivity contribution in [1.29, 1.82) is 0 Å². The van der Waals surface area contributed by atoms with Crippen LogP contribution in [0.25, 0.3) is 0 Å². The fraction of sp³-hybridized carbons (Fsp3) is 0.391. The van der Waals surface area contributed by atoms with Gasteiger partial charge in [-0.15, -0.1) is 0 Å². The number of nitrogens with one attached hydrogen (secondary N) is 1. The van der Waals surface area contributed by atoms with Gasteiger partial charge in [-0.1, -0.05) is 54.8 Å². The van der Waals surface area contributed by atoms with Crippen molar-refractivity contribution in [2.45, 2.75) is 39.2 Å². The molecular formula is C23H28N2O3. The topological polar surface area (TPSA) is 58.6 Å². The first-order valence-corrected chi connectivity index (χ1v) is 9.97. The number of aryl methyl sites for hydroxylation is 1. The van der Waals surface area contributed by atoms with E-state index >= 15 is 0 Å². The van der Waals surface area contributed by atoms with Crippen LogP contribution >= 0.6 is 0 Å². The standard InChI is InChI=1S/C23H28N2O3/c1-18-10-12-19(13-11-18)16-24-23(27)20-8-4-5-9-21(20)28-17-22(26)25-14-6-2-3-7-15-25/h4-5,8-13H,2-3,6-7,14-17H2,1H3,(H,24,27). The van der Waals surface area contributed by atoms with E-state index in [1.165, 1.54) is 18.4 Å². The normalized spacial score (nSPS) is 14.2. The summed E-state index contributed by atoms with van der Waals surface area (Å²) in [5.74, 6) is 0.210. The van der Waals surface area contributed by atoms with Crippen molar-refractivity contribution in [2.24, 2.45) is 0 Å². The minimum Gasteiger partial charge on any atom is -0.483 e. The maximum atomic E-state index is 12.6. The van der Waals surface area contributed by atoms with Crippen LogP contribution < -0.4 is 10.1 Å². The fourth-order valence-electron chi connectivity index (χ4n) is 3.31. The summed E-state index contributed by atoms with van der Waals surface area (Å²) >= 11 is 0. The van der Waals surface area contributed by atoms with Gasteiger partial charge in [0.05, 0.1) is 5.56 Å². The van der Waals surface area contributed by atoms with Gasteiger partial charge in [-0.25, -0.2) is 0 Å². The fourth-order valence-corrected chi connectivity index (χ4v) is 3.31. The Labute approximate surface area is 166 Å². The highest BCUT2D eigenvalue weighted by molar-refractivity contribution is 5.97. The molecule has 3 rings (SSSR count). The molecule has 2 aromatic rings. The summed E-state index contributed by atoms with van der Waals surface area (Å²) in [7, 11) is 0. The highest BCUT2D eigenvalue weighted by Crippen LogP contribution is 2.19. The van der Waals surface area contributed by atoms with E-state index in [2.05, 4.69) is 5.32 Å². The molecule has 28 heavy (non-hydrogen) atoms. The van der Waals surface area contributed by atoms with Gasteiger partial charge in [0.25, 0.3) is 11.8 Å². The van der Waals surface area contributed by atoms with Crippen molar-refractivity contribution in [1.82, 2.24) is 10.2 Å². The lowest BCUT2D eigenvalue weighted by Crippen LogP contribution is -2.35. The Morgan fingerprint density at radius 2 is 1.64 bits per heavy atom. The van der Waals surface area contributed by atoms with Gasteiger partial charge in [-0.2, -0.15) is 0 Å². The van der Waals surface area contributed by atoms with Crippen LogP contribution in [0.4, 0.5) is 0 Å². The van der Waals surface area contributed by atoms with E-state index in [0.717, 1.165) is 31.5 Å². The van der Waals surface area contributed by atoms with Gasteiger partial charge in [-0.3, -0.25) is 9.59 Å². The van der Waals surface area contributed by atoms with E-state index in [1.54, 1.807) is 18.2 Å². The summed E-state index contributed by atoms with van der Waals surface area (Å²) in [5.41, 5.74) is 2.66. The molecule has 0 unspecified atom stereocenters. The minimum atomic E-state index is -0.210. The summed E-state index contributed by atoms with van der Waals surface area (Å²) in [6, 6.07) is 15.1. The zero-order valence-electron chi connectivity index (χ0n) is 16.4.